The van der Waals surface area contributed by atoms with Crippen LogP contribution in [0.25, 0.3) is 16.3 Å². The van der Waals surface area contributed by atoms with Gasteiger partial charge in [-0.25, -0.2) is 0 Å². The zero-order valence-electron chi connectivity index (χ0n) is 27.4. The lowest BCUT2D eigenvalue weighted by atomic mass is 9.44. The Hall–Kier alpha value is -5.40. The minimum Gasteiger partial charge on any atom is -0.507 e. The van der Waals surface area contributed by atoms with Gasteiger partial charge in [0.15, 0.2) is 11.6 Å². The van der Waals surface area contributed by atoms with E-state index >= 15 is 9.59 Å². The molecule has 5 aromatic carbocycles. The first kappa shape index (κ1) is 31.6. The molecule has 4 aliphatic rings. The molecule has 1 N–H and O–H groups in total. The molecule has 1 heterocycles. The molecular weight excluding hydrogens is 702 g/mol. The van der Waals surface area contributed by atoms with Gasteiger partial charge in [-0.15, -0.1) is 0 Å². The van der Waals surface area contributed by atoms with E-state index in [0.29, 0.717) is 39.8 Å². The number of benzene rings is 5. The lowest BCUT2D eigenvalue weighted by Crippen LogP contribution is -2.58. The summed E-state index contributed by atoms with van der Waals surface area (Å²) in [5, 5.41) is 13.6. The largest absolute Gasteiger partial charge is 0.507 e. The molecule has 1 aliphatic heterocycles. The third kappa shape index (κ3) is 4.53. The quantitative estimate of drug-likeness (QED) is 0.148. The monoisotopic (exact) mass is 733 g/mol. The van der Waals surface area contributed by atoms with Crippen LogP contribution in [0.5, 0.6) is 5.75 Å². The average molecular weight is 735 g/mol. The number of aromatic hydroxyl groups is 1. The van der Waals surface area contributed by atoms with Crippen molar-refractivity contribution in [2.24, 2.45) is 23.7 Å². The minimum atomic E-state index is -1.41. The topological polar surface area (TPSA) is 91.8 Å². The Balaban J connectivity index is 1.30. The van der Waals surface area contributed by atoms with Gasteiger partial charge in [-0.2, -0.15) is 0 Å². The molecule has 5 aromatic rings. The molecule has 3 aliphatic carbocycles. The van der Waals surface area contributed by atoms with Crippen LogP contribution in [-0.2, 0) is 24.6 Å². The van der Waals surface area contributed by atoms with Crippen molar-refractivity contribution in [2.75, 3.05) is 4.90 Å². The van der Waals surface area contributed by atoms with Crippen molar-refractivity contribution in [3.63, 3.8) is 0 Å². The molecule has 1 saturated heterocycles. The molecule has 0 spiro atoms. The lowest BCUT2D eigenvalue weighted by Gasteiger charge is -2.55. The van der Waals surface area contributed by atoms with Gasteiger partial charge in [0.05, 0.1) is 22.9 Å². The summed E-state index contributed by atoms with van der Waals surface area (Å²) in [5.74, 6) is -4.45. The maximum Gasteiger partial charge on any atom is 0.238 e. The molecule has 51 heavy (non-hydrogen) atoms. The summed E-state index contributed by atoms with van der Waals surface area (Å²) in [5.41, 5.74) is 2.10. The summed E-state index contributed by atoms with van der Waals surface area (Å²) in [6.07, 6.45) is 4.03. The minimum absolute atomic E-state index is 0.0410. The van der Waals surface area contributed by atoms with Crippen LogP contribution < -0.4 is 4.90 Å². The number of amides is 2. The molecule has 1 saturated carbocycles. The molecule has 0 bridgehead atoms. The Morgan fingerprint density at radius 1 is 0.725 bits per heavy atom. The van der Waals surface area contributed by atoms with Crippen LogP contribution in [0.2, 0.25) is 0 Å². The predicted molar refractivity (Wildman–Crippen MR) is 199 cm³/mol. The Morgan fingerprint density at radius 2 is 1.41 bits per heavy atom. The SMILES string of the molecule is O=C1C(c2ccccc2)=CC(=O)C2(c3ccccc3)C1CC1C(=CCC3C(=O)N(c4ccc(Br)cc4)C(=O)C31)C2c1ccc2ccccc2c1O. The van der Waals surface area contributed by atoms with Gasteiger partial charge in [0.2, 0.25) is 11.8 Å². The smallest absolute Gasteiger partial charge is 0.238 e. The second-order valence-electron chi connectivity index (χ2n) is 14.0. The maximum absolute atomic E-state index is 15.3. The number of carbonyl (C=O) groups is 4. The van der Waals surface area contributed by atoms with Gasteiger partial charge < -0.3 is 5.11 Å². The predicted octanol–water partition coefficient (Wildman–Crippen LogP) is 8.34. The van der Waals surface area contributed by atoms with Crippen LogP contribution in [0.4, 0.5) is 5.69 Å². The van der Waals surface area contributed by atoms with Crippen LogP contribution in [0.1, 0.15) is 35.4 Å². The highest BCUT2D eigenvalue weighted by molar-refractivity contribution is 9.10. The van der Waals surface area contributed by atoms with Crippen LogP contribution >= 0.6 is 15.9 Å². The fourth-order valence-electron chi connectivity index (χ4n) is 9.57. The van der Waals surface area contributed by atoms with Crippen molar-refractivity contribution in [3.8, 4) is 5.75 Å². The Morgan fingerprint density at radius 3 is 2.16 bits per heavy atom. The van der Waals surface area contributed by atoms with Gasteiger partial charge in [-0.1, -0.05) is 125 Å². The first-order chi connectivity index (χ1) is 24.8. The van der Waals surface area contributed by atoms with Gasteiger partial charge in [0, 0.05) is 32.8 Å². The number of nitrogens with zero attached hydrogens (tertiary/aromatic N) is 1. The Labute approximate surface area is 303 Å². The number of rotatable bonds is 4. The number of phenolic OH excluding ortho intramolecular Hbond substituents is 1. The molecule has 6 unspecified atom stereocenters. The highest BCUT2D eigenvalue weighted by atomic mass is 79.9. The number of hydrogen-bond donors (Lipinski definition) is 1. The molecule has 250 valence electrons. The van der Waals surface area contributed by atoms with Crippen molar-refractivity contribution in [2.45, 2.75) is 24.2 Å². The van der Waals surface area contributed by atoms with E-state index in [-0.39, 0.29) is 35.6 Å². The van der Waals surface area contributed by atoms with Crippen LogP contribution in [0.3, 0.4) is 0 Å². The van der Waals surface area contributed by atoms with Gasteiger partial charge in [-0.05, 0) is 65.6 Å². The van der Waals surface area contributed by atoms with Crippen LogP contribution in [0.15, 0.2) is 144 Å². The van der Waals surface area contributed by atoms with E-state index in [0.717, 1.165) is 15.4 Å². The van der Waals surface area contributed by atoms with Gasteiger partial charge in [0.1, 0.15) is 5.75 Å². The zero-order valence-corrected chi connectivity index (χ0v) is 29.0. The van der Waals surface area contributed by atoms with Crippen molar-refractivity contribution in [3.05, 3.63) is 160 Å². The second kappa shape index (κ2) is 11.8. The molecule has 2 fully saturated rings. The average Bonchev–Trinajstić information content (AvgIpc) is 3.42. The molecular formula is C44H32BrNO5. The molecule has 6 nitrogen and oxygen atoms in total. The number of imide groups is 1. The first-order valence-electron chi connectivity index (χ1n) is 17.3. The van der Waals surface area contributed by atoms with Gasteiger partial charge in [-0.3, -0.25) is 24.1 Å². The number of hydrogen-bond acceptors (Lipinski definition) is 5. The van der Waals surface area contributed by atoms with E-state index in [4.69, 9.17) is 0 Å². The van der Waals surface area contributed by atoms with E-state index in [1.165, 1.54) is 11.0 Å². The van der Waals surface area contributed by atoms with E-state index in [1.807, 2.05) is 103 Å². The third-order valence-corrected chi connectivity index (χ3v) is 12.2. The van der Waals surface area contributed by atoms with Crippen molar-refractivity contribution < 1.29 is 24.3 Å². The second-order valence-corrected chi connectivity index (χ2v) is 14.9. The highest BCUT2D eigenvalue weighted by Gasteiger charge is 2.66. The standard InChI is InChI=1S/C44H32BrNO5/c45-28-16-18-29(19-17-28)46-42(50)32-22-21-31-35(38(32)43(46)51)23-36-41(49)34(25-9-3-1-4-10-25)24-37(47)44(36,27-12-5-2-6-13-27)39(31)33-20-15-26-11-7-8-14-30(26)40(33)48/h1-21,24,32,35-36,38-39,48H,22-23H2. The summed E-state index contributed by atoms with van der Waals surface area (Å²) in [4.78, 5) is 60.3. The number of ketones is 2. The fraction of sp³-hybridized carbons (Fsp3) is 0.182. The third-order valence-electron chi connectivity index (χ3n) is 11.7. The number of Topliss-reactive ketones (excluding diaryl/α,β-unsaturated/α-hetero) is 1. The van der Waals surface area contributed by atoms with Gasteiger partial charge >= 0.3 is 0 Å². The molecule has 0 radical (unpaired) electrons. The number of carbonyl (C=O) groups excluding carboxylic acids is 4. The summed E-state index contributed by atoms with van der Waals surface area (Å²) in [6, 6.07) is 37.1. The molecule has 2 amide bonds. The van der Waals surface area contributed by atoms with Crippen molar-refractivity contribution >= 4 is 61.3 Å². The van der Waals surface area contributed by atoms with E-state index < -0.39 is 35.0 Å². The normalized spacial score (nSPS) is 27.1. The number of halogens is 1. The summed E-state index contributed by atoms with van der Waals surface area (Å²) >= 11 is 3.45. The first-order valence-corrected chi connectivity index (χ1v) is 18.0. The maximum atomic E-state index is 15.3. The van der Waals surface area contributed by atoms with Gasteiger partial charge in [0.25, 0.3) is 0 Å². The number of allylic oxidation sites excluding steroid dienone is 4. The highest BCUT2D eigenvalue weighted by Crippen LogP contribution is 2.64. The summed E-state index contributed by atoms with van der Waals surface area (Å²) in [7, 11) is 0. The van der Waals surface area contributed by atoms with Crippen LogP contribution in [0, 0.1) is 23.7 Å². The van der Waals surface area contributed by atoms with Crippen molar-refractivity contribution in [1.82, 2.24) is 0 Å². The fourth-order valence-corrected chi connectivity index (χ4v) is 9.83. The van der Waals surface area contributed by atoms with E-state index in [2.05, 4.69) is 15.9 Å². The summed E-state index contributed by atoms with van der Waals surface area (Å²) in [6.45, 7) is 0. The molecule has 6 atom stereocenters. The molecule has 9 rings (SSSR count). The van der Waals surface area contributed by atoms with Crippen molar-refractivity contribution in [1.29, 1.82) is 0 Å². The number of fused-ring (bicyclic) bond motifs is 5. The Bertz CT molecular complexity index is 2350. The number of phenols is 1. The zero-order chi connectivity index (χ0) is 35.0. The molecule has 0 aromatic heterocycles. The van der Waals surface area contributed by atoms with E-state index in [9.17, 15) is 14.7 Å². The lowest BCUT2D eigenvalue weighted by molar-refractivity contribution is -0.135. The van der Waals surface area contributed by atoms with E-state index in [1.54, 1.807) is 24.3 Å². The van der Waals surface area contributed by atoms with Crippen LogP contribution in [-0.4, -0.2) is 28.5 Å². The summed E-state index contributed by atoms with van der Waals surface area (Å²) < 4.78 is 0.831. The Kier molecular flexibility index (Phi) is 7.33. The number of anilines is 1. The molecule has 7 heteroatoms.